The number of hydrogen-bond acceptors (Lipinski definition) is 2. The van der Waals surface area contributed by atoms with E-state index in [0.717, 1.165) is 35.2 Å². The van der Waals surface area contributed by atoms with Crippen LogP contribution in [0.25, 0.3) is 17.2 Å². The lowest BCUT2D eigenvalue weighted by Crippen LogP contribution is -2.40. The molecule has 0 unspecified atom stereocenters. The van der Waals surface area contributed by atoms with Gasteiger partial charge in [0.1, 0.15) is 0 Å². The van der Waals surface area contributed by atoms with Crippen LogP contribution in [0.15, 0.2) is 54.1 Å². The number of unbranched alkanes of at least 4 members (excludes halogenated alkanes) is 4. The van der Waals surface area contributed by atoms with Gasteiger partial charge in [0, 0.05) is 24.4 Å². The van der Waals surface area contributed by atoms with Crippen LogP contribution in [0.5, 0.6) is 0 Å². The maximum Gasteiger partial charge on any atom is 0.331 e. The molecule has 5 heteroatoms. The molecule has 0 atom stereocenters. The summed E-state index contributed by atoms with van der Waals surface area (Å²) in [6.45, 7) is 7.03. The number of anilines is 1. The Kier molecular flexibility index (Phi) is 9.82. The molecule has 0 saturated heterocycles. The Hall–Kier alpha value is -3.08. The topological polar surface area (TPSA) is 69.6 Å². The third-order valence-electron chi connectivity index (χ3n) is 5.24. The smallest absolute Gasteiger partial charge is 0.331 e. The predicted molar refractivity (Wildman–Crippen MR) is 128 cm³/mol. The molecule has 0 bridgehead atoms. The molecule has 0 saturated carbocycles. The number of aliphatic carboxylic acids is 1. The number of carboxylic acids is 1. The van der Waals surface area contributed by atoms with Crippen molar-refractivity contribution in [3.63, 3.8) is 0 Å². The molecule has 166 valence electrons. The normalized spacial score (nSPS) is 11.3. The average molecular weight is 423 g/mol. The number of nitrogens with one attached hydrogen (secondary N) is 1. The van der Waals surface area contributed by atoms with E-state index in [1.54, 1.807) is 17.9 Å². The van der Waals surface area contributed by atoms with Gasteiger partial charge in [-0.2, -0.15) is 0 Å². The number of carbonyl (C=O) groups excluding carboxylic acids is 1. The second-order valence-electron chi connectivity index (χ2n) is 7.70. The monoisotopic (exact) mass is 422 g/mol. The summed E-state index contributed by atoms with van der Waals surface area (Å²) in [5.74, 6) is -0.921. The van der Waals surface area contributed by atoms with Crippen LogP contribution in [-0.2, 0) is 4.79 Å². The lowest BCUT2D eigenvalue weighted by Gasteiger charge is -2.22. The summed E-state index contributed by atoms with van der Waals surface area (Å²) >= 11 is 0. The number of nitrogens with zero attached hydrogens (tertiary/aromatic N) is 1. The molecule has 31 heavy (non-hydrogen) atoms. The Morgan fingerprint density at radius 2 is 1.68 bits per heavy atom. The number of carbonyl (C=O) groups is 2. The fraction of sp³-hybridized carbons (Fsp3) is 0.385. The molecule has 2 aromatic carbocycles. The van der Waals surface area contributed by atoms with Gasteiger partial charge in [0.2, 0.25) is 0 Å². The summed E-state index contributed by atoms with van der Waals surface area (Å²) in [6.07, 6.45) is 7.48. The van der Waals surface area contributed by atoms with E-state index in [2.05, 4.69) is 12.2 Å². The third-order valence-corrected chi connectivity index (χ3v) is 5.24. The van der Waals surface area contributed by atoms with Crippen molar-refractivity contribution in [2.24, 2.45) is 0 Å². The summed E-state index contributed by atoms with van der Waals surface area (Å²) in [6, 6.07) is 15.6. The van der Waals surface area contributed by atoms with Gasteiger partial charge in [0.15, 0.2) is 0 Å². The molecule has 2 N–H and O–H groups in total. The highest BCUT2D eigenvalue weighted by Crippen LogP contribution is 2.25. The van der Waals surface area contributed by atoms with E-state index in [9.17, 15) is 9.59 Å². The molecule has 2 rings (SSSR count). The molecule has 0 aromatic heterocycles. The van der Waals surface area contributed by atoms with Crippen LogP contribution in [0, 0.1) is 0 Å². The first-order valence-electron chi connectivity index (χ1n) is 11.1. The Balaban J connectivity index is 2.06. The van der Waals surface area contributed by atoms with Crippen LogP contribution in [0.1, 0.15) is 58.4 Å². The molecule has 0 aliphatic carbocycles. The van der Waals surface area contributed by atoms with Crippen LogP contribution in [0.4, 0.5) is 10.5 Å². The second kappa shape index (κ2) is 12.6. The van der Waals surface area contributed by atoms with Crippen LogP contribution >= 0.6 is 0 Å². The average Bonchev–Trinajstić information content (AvgIpc) is 2.77. The van der Waals surface area contributed by atoms with Crippen molar-refractivity contribution in [1.29, 1.82) is 0 Å². The molecule has 0 heterocycles. The van der Waals surface area contributed by atoms with Crippen LogP contribution < -0.4 is 10.2 Å². The largest absolute Gasteiger partial charge is 0.478 e. The summed E-state index contributed by atoms with van der Waals surface area (Å²) in [5, 5.41) is 12.1. The van der Waals surface area contributed by atoms with Crippen molar-refractivity contribution in [2.45, 2.75) is 52.9 Å². The summed E-state index contributed by atoms with van der Waals surface area (Å²) in [5.41, 5.74) is 4.01. The molecule has 0 spiro atoms. The highest BCUT2D eigenvalue weighted by molar-refractivity contribution is 5.93. The van der Waals surface area contributed by atoms with Gasteiger partial charge in [-0.05, 0) is 55.2 Å². The molecule has 0 aliphatic heterocycles. The molecule has 0 aliphatic rings. The number of urea groups is 1. The minimum atomic E-state index is -0.921. The number of amides is 2. The van der Waals surface area contributed by atoms with Crippen molar-refractivity contribution in [2.75, 3.05) is 18.0 Å². The SMILES string of the molecule is CCCCCCCNC(=O)N(CC)c1cccc(-c2ccc(C=C(C)C(=O)O)cc2)c1. The van der Waals surface area contributed by atoms with Gasteiger partial charge in [-0.3, -0.25) is 4.90 Å². The molecule has 2 aromatic rings. The van der Waals surface area contributed by atoms with Crippen molar-refractivity contribution in [1.82, 2.24) is 5.32 Å². The summed E-state index contributed by atoms with van der Waals surface area (Å²) < 4.78 is 0. The van der Waals surface area contributed by atoms with Gasteiger partial charge in [-0.1, -0.05) is 69.0 Å². The molecular formula is C26H34N2O3. The van der Waals surface area contributed by atoms with E-state index < -0.39 is 5.97 Å². The summed E-state index contributed by atoms with van der Waals surface area (Å²) in [7, 11) is 0. The second-order valence-corrected chi connectivity index (χ2v) is 7.70. The maximum atomic E-state index is 12.7. The van der Waals surface area contributed by atoms with Gasteiger partial charge < -0.3 is 10.4 Å². The first-order chi connectivity index (χ1) is 15.0. The first-order valence-corrected chi connectivity index (χ1v) is 11.1. The Labute approximate surface area is 185 Å². The van der Waals surface area contributed by atoms with Crippen molar-refractivity contribution < 1.29 is 14.7 Å². The highest BCUT2D eigenvalue weighted by atomic mass is 16.4. The summed E-state index contributed by atoms with van der Waals surface area (Å²) in [4.78, 5) is 25.4. The van der Waals surface area contributed by atoms with Gasteiger partial charge in [-0.15, -0.1) is 0 Å². The minimum Gasteiger partial charge on any atom is -0.478 e. The van der Waals surface area contributed by atoms with E-state index in [1.165, 1.54) is 19.3 Å². The minimum absolute atomic E-state index is 0.0697. The van der Waals surface area contributed by atoms with E-state index in [4.69, 9.17) is 5.11 Å². The molecule has 0 radical (unpaired) electrons. The van der Waals surface area contributed by atoms with Gasteiger partial charge in [0.25, 0.3) is 0 Å². The van der Waals surface area contributed by atoms with Crippen LogP contribution in [-0.4, -0.2) is 30.2 Å². The quantitative estimate of drug-likeness (QED) is 0.327. The standard InChI is InChI=1S/C26H34N2O3/c1-4-6-7-8-9-17-27-26(31)28(5-2)24-12-10-11-23(19-24)22-15-13-21(14-16-22)18-20(3)25(29)30/h10-16,18-19H,4-9,17H2,1-3H3,(H,27,31)(H,29,30). The molecule has 0 fully saturated rings. The number of carboxylic acid groups (broad SMARTS) is 1. The number of hydrogen-bond donors (Lipinski definition) is 2. The number of rotatable bonds is 11. The Morgan fingerprint density at radius 1 is 0.968 bits per heavy atom. The van der Waals surface area contributed by atoms with Crippen molar-refractivity contribution >= 4 is 23.8 Å². The third kappa shape index (κ3) is 7.59. The molecule has 5 nitrogen and oxygen atoms in total. The predicted octanol–water partition coefficient (Wildman–Crippen LogP) is 6.35. The van der Waals surface area contributed by atoms with Gasteiger partial charge in [0.05, 0.1) is 0 Å². The van der Waals surface area contributed by atoms with E-state index in [1.807, 2.05) is 55.5 Å². The van der Waals surface area contributed by atoms with Gasteiger partial charge in [-0.25, -0.2) is 9.59 Å². The lowest BCUT2D eigenvalue weighted by molar-refractivity contribution is -0.132. The lowest BCUT2D eigenvalue weighted by atomic mass is 10.0. The maximum absolute atomic E-state index is 12.7. The first kappa shape index (κ1) is 24.2. The van der Waals surface area contributed by atoms with Crippen molar-refractivity contribution in [3.05, 3.63) is 59.7 Å². The van der Waals surface area contributed by atoms with Crippen LogP contribution in [0.3, 0.4) is 0 Å². The molecule has 2 amide bonds. The van der Waals surface area contributed by atoms with E-state index in [-0.39, 0.29) is 6.03 Å². The Bertz CT molecular complexity index is 888. The zero-order valence-corrected chi connectivity index (χ0v) is 18.9. The number of benzene rings is 2. The fourth-order valence-corrected chi connectivity index (χ4v) is 3.40. The van der Waals surface area contributed by atoms with Crippen LogP contribution in [0.2, 0.25) is 0 Å². The van der Waals surface area contributed by atoms with Crippen molar-refractivity contribution in [3.8, 4) is 11.1 Å². The van der Waals surface area contributed by atoms with E-state index >= 15 is 0 Å². The molecular weight excluding hydrogens is 388 g/mol. The van der Waals surface area contributed by atoms with Gasteiger partial charge >= 0.3 is 12.0 Å². The van der Waals surface area contributed by atoms with E-state index in [0.29, 0.717) is 18.7 Å². The Morgan fingerprint density at radius 3 is 2.32 bits per heavy atom. The zero-order chi connectivity index (χ0) is 22.6. The zero-order valence-electron chi connectivity index (χ0n) is 18.9. The highest BCUT2D eigenvalue weighted by Gasteiger charge is 2.14. The fourth-order valence-electron chi connectivity index (χ4n) is 3.40.